The molecular formula is C20H26FN5O5S. The second-order valence-electron chi connectivity index (χ2n) is 7.34. The fraction of sp³-hybridized carbons (Fsp3) is 0.450. The number of urea groups is 1. The summed E-state index contributed by atoms with van der Waals surface area (Å²) in [7, 11) is 0. The summed E-state index contributed by atoms with van der Waals surface area (Å²) in [6.07, 6.45) is -0.765. The van der Waals surface area contributed by atoms with E-state index in [2.05, 4.69) is 15.0 Å². The van der Waals surface area contributed by atoms with Crippen molar-refractivity contribution in [2.75, 3.05) is 44.7 Å². The Kier molecular flexibility index (Phi) is 8.33. The zero-order valence-electron chi connectivity index (χ0n) is 17.6. The molecule has 0 bridgehead atoms. The first-order chi connectivity index (χ1) is 15.3. The molecule has 12 heteroatoms. The number of rotatable bonds is 9. The number of primary amides is 1. The lowest BCUT2D eigenvalue weighted by Crippen LogP contribution is -2.45. The molecule has 1 aliphatic rings. The van der Waals surface area contributed by atoms with Gasteiger partial charge in [0.15, 0.2) is 0 Å². The third-order valence-corrected chi connectivity index (χ3v) is 5.52. The number of ether oxygens (including phenoxy) is 2. The van der Waals surface area contributed by atoms with Crippen molar-refractivity contribution in [1.29, 1.82) is 0 Å². The largest absolute Gasteiger partial charge is 0.471 e. The van der Waals surface area contributed by atoms with Crippen LogP contribution in [-0.4, -0.2) is 71.8 Å². The molecule has 1 unspecified atom stereocenters. The van der Waals surface area contributed by atoms with Crippen LogP contribution in [0.15, 0.2) is 18.2 Å². The summed E-state index contributed by atoms with van der Waals surface area (Å²) >= 11 is 0.811. The molecule has 2 aromatic rings. The predicted octanol–water partition coefficient (Wildman–Crippen LogP) is 1.08. The summed E-state index contributed by atoms with van der Waals surface area (Å²) in [5.74, 6) is -1.37. The molecule has 5 N–H and O–H groups in total. The highest BCUT2D eigenvalue weighted by Gasteiger charge is 2.23. The number of aliphatic hydroxyl groups excluding tert-OH is 1. The second-order valence-corrected chi connectivity index (χ2v) is 8.11. The highest BCUT2D eigenvalue weighted by atomic mass is 32.1. The standard InChI is InChI=1S/C20H26FN5O5S/c1-12-2-3-13(15(21)8-12)11-31-18-16(17(22)28)19(32-25-18)24-20(29)23-9-14(27)10-26-4-6-30-7-5-26/h2-3,8,14,27H,4-7,9-11H2,1H3,(H2,22,28)(H2,23,24,29). The van der Waals surface area contributed by atoms with Gasteiger partial charge in [0.2, 0.25) is 5.88 Å². The number of β-amino-alcohol motifs (C(OH)–C–C–N with tert-alkyl or cyclic N) is 1. The fourth-order valence-electron chi connectivity index (χ4n) is 3.10. The van der Waals surface area contributed by atoms with E-state index in [4.69, 9.17) is 15.2 Å². The first-order valence-electron chi connectivity index (χ1n) is 10.0. The minimum Gasteiger partial charge on any atom is -0.471 e. The minimum absolute atomic E-state index is 0.0178. The molecule has 0 spiro atoms. The third-order valence-electron chi connectivity index (χ3n) is 4.78. The fourth-order valence-corrected chi connectivity index (χ4v) is 3.83. The highest BCUT2D eigenvalue weighted by molar-refractivity contribution is 7.11. The first-order valence-corrected chi connectivity index (χ1v) is 10.8. The number of halogens is 1. The van der Waals surface area contributed by atoms with Crippen LogP contribution < -0.4 is 21.1 Å². The van der Waals surface area contributed by atoms with Crippen molar-refractivity contribution in [2.45, 2.75) is 19.6 Å². The van der Waals surface area contributed by atoms with Crippen molar-refractivity contribution in [1.82, 2.24) is 14.6 Å². The van der Waals surface area contributed by atoms with Crippen LogP contribution in [-0.2, 0) is 11.3 Å². The third kappa shape index (κ3) is 6.60. The van der Waals surface area contributed by atoms with Gasteiger partial charge >= 0.3 is 6.03 Å². The van der Waals surface area contributed by atoms with Crippen LogP contribution in [0.3, 0.4) is 0 Å². The van der Waals surface area contributed by atoms with Crippen molar-refractivity contribution in [2.24, 2.45) is 5.73 Å². The Labute approximate surface area is 188 Å². The normalized spacial score (nSPS) is 15.2. The van der Waals surface area contributed by atoms with Gasteiger partial charge in [-0.15, -0.1) is 0 Å². The summed E-state index contributed by atoms with van der Waals surface area (Å²) in [5.41, 5.74) is 6.38. The Hall–Kier alpha value is -2.80. The van der Waals surface area contributed by atoms with E-state index in [-0.39, 0.29) is 29.6 Å². The summed E-state index contributed by atoms with van der Waals surface area (Å²) in [6, 6.07) is 4.06. The number of benzene rings is 1. The van der Waals surface area contributed by atoms with Crippen molar-refractivity contribution in [3.8, 4) is 5.88 Å². The lowest BCUT2D eigenvalue weighted by atomic mass is 10.1. The quantitative estimate of drug-likeness (QED) is 0.433. The number of nitrogens with one attached hydrogen (secondary N) is 2. The van der Waals surface area contributed by atoms with Gasteiger partial charge in [-0.05, 0) is 30.1 Å². The number of hydrogen-bond acceptors (Lipinski definition) is 8. The lowest BCUT2D eigenvalue weighted by molar-refractivity contribution is 0.0154. The number of carbonyl (C=O) groups excluding carboxylic acids is 2. The number of nitrogens with zero attached hydrogens (tertiary/aromatic N) is 2. The molecule has 174 valence electrons. The molecule has 32 heavy (non-hydrogen) atoms. The average molecular weight is 468 g/mol. The van der Waals surface area contributed by atoms with Gasteiger partial charge in [-0.1, -0.05) is 12.1 Å². The molecule has 1 aromatic carbocycles. The first kappa shape index (κ1) is 23.9. The number of anilines is 1. The van der Waals surface area contributed by atoms with E-state index in [9.17, 15) is 19.1 Å². The van der Waals surface area contributed by atoms with Gasteiger partial charge in [0.05, 0.1) is 19.3 Å². The maximum absolute atomic E-state index is 14.0. The van der Waals surface area contributed by atoms with Gasteiger partial charge < -0.3 is 25.6 Å². The molecule has 1 aliphatic heterocycles. The highest BCUT2D eigenvalue weighted by Crippen LogP contribution is 2.30. The van der Waals surface area contributed by atoms with Crippen LogP contribution in [0.2, 0.25) is 0 Å². The Balaban J connectivity index is 1.54. The van der Waals surface area contributed by atoms with Crippen LogP contribution in [0, 0.1) is 12.7 Å². The van der Waals surface area contributed by atoms with Crippen LogP contribution >= 0.6 is 11.5 Å². The smallest absolute Gasteiger partial charge is 0.320 e. The molecule has 10 nitrogen and oxygen atoms in total. The predicted molar refractivity (Wildman–Crippen MR) is 116 cm³/mol. The average Bonchev–Trinajstić information content (AvgIpc) is 3.15. The Morgan fingerprint density at radius 2 is 2.16 bits per heavy atom. The number of nitrogens with two attached hydrogens (primary N) is 1. The van der Waals surface area contributed by atoms with E-state index >= 15 is 0 Å². The van der Waals surface area contributed by atoms with E-state index in [1.807, 2.05) is 4.90 Å². The molecule has 0 radical (unpaired) electrons. The number of amides is 3. The van der Waals surface area contributed by atoms with Crippen molar-refractivity contribution >= 4 is 28.5 Å². The monoisotopic (exact) mass is 467 g/mol. The van der Waals surface area contributed by atoms with Gasteiger partial charge in [-0.3, -0.25) is 15.0 Å². The van der Waals surface area contributed by atoms with Gasteiger partial charge in [-0.25, -0.2) is 9.18 Å². The SMILES string of the molecule is Cc1ccc(COc2nsc(NC(=O)NCC(O)CN3CCOCC3)c2C(N)=O)c(F)c1. The molecule has 3 rings (SSSR count). The molecule has 0 aliphatic carbocycles. The van der Waals surface area contributed by atoms with Crippen LogP contribution in [0.25, 0.3) is 0 Å². The minimum atomic E-state index is -0.846. The molecular weight excluding hydrogens is 441 g/mol. The lowest BCUT2D eigenvalue weighted by Gasteiger charge is -2.28. The maximum atomic E-state index is 14.0. The molecule has 1 aromatic heterocycles. The van der Waals surface area contributed by atoms with Gasteiger partial charge in [0, 0.05) is 31.7 Å². The topological polar surface area (TPSA) is 139 Å². The Bertz CT molecular complexity index is 950. The summed E-state index contributed by atoms with van der Waals surface area (Å²) in [5, 5.41) is 15.3. The molecule has 1 atom stereocenters. The molecule has 0 saturated carbocycles. The van der Waals surface area contributed by atoms with E-state index in [0.717, 1.165) is 30.2 Å². The number of carbonyl (C=O) groups is 2. The van der Waals surface area contributed by atoms with E-state index in [1.165, 1.54) is 6.07 Å². The van der Waals surface area contributed by atoms with Crippen LogP contribution in [0.4, 0.5) is 14.2 Å². The molecule has 1 saturated heterocycles. The van der Waals surface area contributed by atoms with Crippen molar-refractivity contribution in [3.63, 3.8) is 0 Å². The summed E-state index contributed by atoms with van der Waals surface area (Å²) in [6.45, 7) is 4.71. The van der Waals surface area contributed by atoms with Gasteiger partial charge in [0.25, 0.3) is 5.91 Å². The number of morpholine rings is 1. The summed E-state index contributed by atoms with van der Waals surface area (Å²) in [4.78, 5) is 26.2. The molecule has 1 fully saturated rings. The van der Waals surface area contributed by atoms with Gasteiger partial charge in [-0.2, -0.15) is 4.37 Å². The van der Waals surface area contributed by atoms with Gasteiger partial charge in [0.1, 0.15) is 23.0 Å². The maximum Gasteiger partial charge on any atom is 0.320 e. The Morgan fingerprint density at radius 3 is 2.84 bits per heavy atom. The molecule has 2 heterocycles. The number of aromatic nitrogens is 1. The van der Waals surface area contributed by atoms with E-state index < -0.39 is 23.9 Å². The zero-order valence-corrected chi connectivity index (χ0v) is 18.4. The number of aliphatic hydroxyl groups is 1. The van der Waals surface area contributed by atoms with E-state index in [1.54, 1.807) is 19.1 Å². The van der Waals surface area contributed by atoms with Crippen molar-refractivity contribution in [3.05, 3.63) is 40.7 Å². The zero-order chi connectivity index (χ0) is 23.1. The molecule has 3 amide bonds. The van der Waals surface area contributed by atoms with E-state index in [0.29, 0.717) is 25.3 Å². The number of aryl methyl sites for hydroxylation is 1. The Morgan fingerprint density at radius 1 is 1.41 bits per heavy atom. The van der Waals surface area contributed by atoms with Crippen LogP contribution in [0.5, 0.6) is 5.88 Å². The van der Waals surface area contributed by atoms with Crippen molar-refractivity contribution < 1.29 is 28.6 Å². The number of hydrogen-bond donors (Lipinski definition) is 4. The second kappa shape index (κ2) is 11.2. The summed E-state index contributed by atoms with van der Waals surface area (Å²) < 4.78 is 28.8. The van der Waals surface area contributed by atoms with Crippen LogP contribution in [0.1, 0.15) is 21.5 Å².